The molecular formula is C38H38Cl4N4O7. The molecule has 1 unspecified atom stereocenters. The molecule has 280 valence electrons. The predicted octanol–water partition coefficient (Wildman–Crippen LogP) is 8.76. The summed E-state index contributed by atoms with van der Waals surface area (Å²) >= 11 is 25.9. The van der Waals surface area contributed by atoms with Crippen LogP contribution in [-0.2, 0) is 27.3 Å². The normalized spacial score (nSPS) is 17.4. The lowest BCUT2D eigenvalue weighted by Gasteiger charge is -2.35. The van der Waals surface area contributed by atoms with Gasteiger partial charge in [0.05, 0.1) is 49.5 Å². The van der Waals surface area contributed by atoms with Crippen LogP contribution < -0.4 is 0 Å². The second-order valence-corrected chi connectivity index (χ2v) is 14.7. The van der Waals surface area contributed by atoms with Gasteiger partial charge in [-0.2, -0.15) is 0 Å². The Bertz CT molecular complexity index is 1810. The molecule has 0 saturated carbocycles. The van der Waals surface area contributed by atoms with Crippen LogP contribution in [-0.4, -0.2) is 85.5 Å². The van der Waals surface area contributed by atoms with E-state index in [0.29, 0.717) is 99.0 Å². The number of hydrogen-bond acceptors (Lipinski definition) is 9. The topological polar surface area (TPSA) is 120 Å². The van der Waals surface area contributed by atoms with Crippen LogP contribution in [0.3, 0.4) is 0 Å². The van der Waals surface area contributed by atoms with E-state index in [9.17, 15) is 20.2 Å². The van der Waals surface area contributed by atoms with Crippen LogP contribution in [0.15, 0.2) is 72.8 Å². The van der Waals surface area contributed by atoms with Gasteiger partial charge in [0.1, 0.15) is 0 Å². The molecule has 0 aromatic heterocycles. The first-order valence-electron chi connectivity index (χ1n) is 17.2. The molecular weight excluding hydrogens is 766 g/mol. The van der Waals surface area contributed by atoms with Crippen LogP contribution >= 0.6 is 46.4 Å². The second-order valence-electron chi connectivity index (χ2n) is 13.0. The molecule has 2 heterocycles. The summed E-state index contributed by atoms with van der Waals surface area (Å²) in [6.07, 6.45) is 0. The molecule has 0 bridgehead atoms. The Balaban J connectivity index is 0.915. The Kier molecular flexibility index (Phi) is 13.6. The molecule has 2 aliphatic rings. The molecule has 0 saturated heterocycles. The van der Waals surface area contributed by atoms with E-state index in [-0.39, 0.29) is 33.1 Å². The van der Waals surface area contributed by atoms with Crippen LogP contribution in [0.4, 0.5) is 11.4 Å². The van der Waals surface area contributed by atoms with Crippen molar-refractivity contribution in [3.8, 4) is 0 Å². The quantitative estimate of drug-likeness (QED) is 0.0622. The van der Waals surface area contributed by atoms with Crippen LogP contribution in [0.5, 0.6) is 0 Å². The first-order valence-corrected chi connectivity index (χ1v) is 18.7. The minimum absolute atomic E-state index is 0.0428. The largest absolute Gasteiger partial charge is 0.378 e. The number of benzene rings is 4. The minimum atomic E-state index is -0.387. The predicted molar refractivity (Wildman–Crippen MR) is 206 cm³/mol. The van der Waals surface area contributed by atoms with E-state index in [2.05, 4.69) is 9.80 Å². The lowest BCUT2D eigenvalue weighted by molar-refractivity contribution is -0.385. The maximum atomic E-state index is 11.5. The number of fused-ring (bicyclic) bond motifs is 2. The van der Waals surface area contributed by atoms with Crippen LogP contribution in [0, 0.1) is 20.2 Å². The van der Waals surface area contributed by atoms with Crippen molar-refractivity contribution in [1.82, 2.24) is 9.80 Å². The maximum absolute atomic E-state index is 11.5. The Morgan fingerprint density at radius 3 is 1.38 bits per heavy atom. The zero-order chi connectivity index (χ0) is 37.5. The van der Waals surface area contributed by atoms with Gasteiger partial charge in [-0.05, 0) is 57.6 Å². The van der Waals surface area contributed by atoms with Crippen molar-refractivity contribution in [3.63, 3.8) is 0 Å². The molecule has 4 aromatic carbocycles. The average Bonchev–Trinajstić information content (AvgIpc) is 3.13. The highest BCUT2D eigenvalue weighted by Gasteiger charge is 2.31. The number of nitro benzene ring substituents is 2. The summed E-state index contributed by atoms with van der Waals surface area (Å²) in [6.45, 7) is 6.46. The van der Waals surface area contributed by atoms with E-state index in [1.165, 1.54) is 12.1 Å². The van der Waals surface area contributed by atoms with Gasteiger partial charge in [0.2, 0.25) is 0 Å². The van der Waals surface area contributed by atoms with Gasteiger partial charge in [-0.1, -0.05) is 70.7 Å². The highest BCUT2D eigenvalue weighted by atomic mass is 35.5. The maximum Gasteiger partial charge on any atom is 0.269 e. The molecule has 0 fully saturated rings. The van der Waals surface area contributed by atoms with Crippen molar-refractivity contribution in [3.05, 3.63) is 146 Å². The van der Waals surface area contributed by atoms with E-state index in [1.807, 2.05) is 24.3 Å². The Hall–Kier alpha value is -3.36. The molecule has 11 nitrogen and oxygen atoms in total. The molecule has 0 aliphatic carbocycles. The van der Waals surface area contributed by atoms with E-state index >= 15 is 0 Å². The zero-order valence-electron chi connectivity index (χ0n) is 28.7. The van der Waals surface area contributed by atoms with Gasteiger partial charge in [-0.25, -0.2) is 0 Å². The fourth-order valence-electron chi connectivity index (χ4n) is 7.04. The summed E-state index contributed by atoms with van der Waals surface area (Å²) in [7, 11) is 0. The van der Waals surface area contributed by atoms with E-state index in [1.54, 1.807) is 36.4 Å². The van der Waals surface area contributed by atoms with Gasteiger partial charge in [0.25, 0.3) is 11.4 Å². The highest BCUT2D eigenvalue weighted by molar-refractivity contribution is 6.35. The molecule has 6 rings (SSSR count). The molecule has 2 atom stereocenters. The molecule has 0 radical (unpaired) electrons. The Morgan fingerprint density at radius 1 is 0.585 bits per heavy atom. The first kappa shape index (κ1) is 39.3. The molecule has 0 N–H and O–H groups in total. The van der Waals surface area contributed by atoms with E-state index in [4.69, 9.17) is 60.6 Å². The number of halogens is 4. The molecule has 0 spiro atoms. The molecule has 4 aromatic rings. The van der Waals surface area contributed by atoms with Gasteiger partial charge >= 0.3 is 0 Å². The van der Waals surface area contributed by atoms with Crippen molar-refractivity contribution in [2.45, 2.75) is 24.9 Å². The summed E-state index contributed by atoms with van der Waals surface area (Å²) in [4.78, 5) is 26.6. The lowest BCUT2D eigenvalue weighted by Crippen LogP contribution is -2.36. The minimum Gasteiger partial charge on any atom is -0.378 e. The molecule has 0 amide bonds. The SMILES string of the molecule is O=[N+]([O-])c1cccc(C2CN(CCOCCOCCOCCN3Cc4c(Cl)cc(Cl)cc4[C@@H](c4cccc([N+](=O)[O-])c4)C3)Cc3c(Cl)cc(Cl)cc32)c1. The van der Waals surface area contributed by atoms with Crippen molar-refractivity contribution < 1.29 is 24.1 Å². The third-order valence-corrected chi connectivity index (χ3v) is 10.7. The number of nitrogens with zero attached hydrogens (tertiary/aromatic N) is 4. The number of non-ortho nitro benzene ring substituents is 2. The van der Waals surface area contributed by atoms with Gasteiger partial charge in [-0.15, -0.1) is 0 Å². The number of nitro groups is 2. The molecule has 53 heavy (non-hydrogen) atoms. The standard InChI is InChI=1S/C38H38Cl4N4O7/c39-27-17-31-33(25-3-1-5-29(15-25)45(47)48)21-43(23-35(31)37(41)19-27)7-9-51-11-13-53-14-12-52-10-8-44-22-34(26-4-2-6-30(16-26)46(49)50)32-18-28(40)20-38(42)36(32)24-44/h1-6,15-20,33-34H,7-14,21-24H2/t33-,34?/m1/s1. The average molecular weight is 805 g/mol. The monoisotopic (exact) mass is 802 g/mol. The van der Waals surface area contributed by atoms with Crippen molar-refractivity contribution in [2.24, 2.45) is 0 Å². The summed E-state index contributed by atoms with van der Waals surface area (Å²) in [5.41, 5.74) is 5.64. The van der Waals surface area contributed by atoms with Gasteiger partial charge in [-0.3, -0.25) is 30.0 Å². The first-order chi connectivity index (χ1) is 25.6. The fourth-order valence-corrected chi connectivity index (χ4v) is 8.18. The van der Waals surface area contributed by atoms with Gasteiger partial charge in [0.15, 0.2) is 0 Å². The van der Waals surface area contributed by atoms with Crippen LogP contribution in [0.25, 0.3) is 0 Å². The summed E-state index contributed by atoms with van der Waals surface area (Å²) in [5, 5.41) is 25.1. The second kappa shape index (κ2) is 18.3. The summed E-state index contributed by atoms with van der Waals surface area (Å²) in [5.74, 6) is -0.259. The third-order valence-electron chi connectivity index (χ3n) is 9.60. The number of rotatable bonds is 16. The van der Waals surface area contributed by atoms with Crippen molar-refractivity contribution in [1.29, 1.82) is 0 Å². The number of ether oxygens (including phenoxy) is 3. The third kappa shape index (κ3) is 10.0. The fraction of sp³-hybridized carbons (Fsp3) is 0.368. The molecule has 15 heteroatoms. The van der Waals surface area contributed by atoms with Gasteiger partial charge in [0, 0.05) is 95.5 Å². The zero-order valence-corrected chi connectivity index (χ0v) is 31.8. The van der Waals surface area contributed by atoms with E-state index in [0.717, 1.165) is 33.4 Å². The Labute approximate surface area is 327 Å². The summed E-state index contributed by atoms with van der Waals surface area (Å²) in [6, 6.07) is 20.7. The van der Waals surface area contributed by atoms with Crippen molar-refractivity contribution >= 4 is 57.8 Å². The number of hydrogen-bond donors (Lipinski definition) is 0. The summed E-state index contributed by atoms with van der Waals surface area (Å²) < 4.78 is 17.5. The molecule has 2 aliphatic heterocycles. The smallest absolute Gasteiger partial charge is 0.269 e. The van der Waals surface area contributed by atoms with Gasteiger partial charge < -0.3 is 14.2 Å². The highest BCUT2D eigenvalue weighted by Crippen LogP contribution is 2.41. The Morgan fingerprint density at radius 2 is 0.981 bits per heavy atom. The van der Waals surface area contributed by atoms with Crippen molar-refractivity contribution in [2.75, 3.05) is 65.8 Å². The van der Waals surface area contributed by atoms with Crippen LogP contribution in [0.1, 0.15) is 45.2 Å². The van der Waals surface area contributed by atoms with E-state index < -0.39 is 0 Å². The van der Waals surface area contributed by atoms with Crippen LogP contribution in [0.2, 0.25) is 20.1 Å². The lowest BCUT2D eigenvalue weighted by atomic mass is 9.84.